The second-order valence-corrected chi connectivity index (χ2v) is 3.57. The molecule has 0 aliphatic rings. The third-order valence-electron chi connectivity index (χ3n) is 2.13. The van der Waals surface area contributed by atoms with E-state index in [1.165, 1.54) is 36.4 Å². The van der Waals surface area contributed by atoms with Crippen LogP contribution in [0, 0.1) is 11.3 Å². The molecule has 0 saturated carbocycles. The van der Waals surface area contributed by atoms with E-state index in [9.17, 15) is 13.2 Å². The molecular formula is C13H7F3N2O2. The van der Waals surface area contributed by atoms with Gasteiger partial charge in [0, 0.05) is 6.07 Å². The summed E-state index contributed by atoms with van der Waals surface area (Å²) in [4.78, 5) is 3.80. The SMILES string of the molecule is N#Cc1cccc(Oc2ccccc2OC(F)(F)F)n1. The maximum Gasteiger partial charge on any atom is 0.573 e. The average Bonchev–Trinajstić information content (AvgIpc) is 2.40. The summed E-state index contributed by atoms with van der Waals surface area (Å²) in [5.41, 5.74) is 0.0942. The van der Waals surface area contributed by atoms with Crippen LogP contribution >= 0.6 is 0 Å². The molecule has 0 spiro atoms. The third-order valence-corrected chi connectivity index (χ3v) is 2.13. The van der Waals surface area contributed by atoms with Crippen molar-refractivity contribution in [3.63, 3.8) is 0 Å². The predicted octanol–water partition coefficient (Wildman–Crippen LogP) is 3.64. The topological polar surface area (TPSA) is 55.1 Å². The van der Waals surface area contributed by atoms with E-state index in [0.29, 0.717) is 0 Å². The van der Waals surface area contributed by atoms with Gasteiger partial charge in [0.05, 0.1) is 0 Å². The summed E-state index contributed by atoms with van der Waals surface area (Å²) in [5.74, 6) is -0.626. The molecule has 0 N–H and O–H groups in total. The first-order valence-corrected chi connectivity index (χ1v) is 5.38. The molecule has 20 heavy (non-hydrogen) atoms. The first-order chi connectivity index (χ1) is 9.48. The molecule has 0 radical (unpaired) electrons. The number of alkyl halides is 3. The van der Waals surface area contributed by atoms with Crippen LogP contribution < -0.4 is 9.47 Å². The van der Waals surface area contributed by atoms with Crippen molar-refractivity contribution < 1.29 is 22.6 Å². The van der Waals surface area contributed by atoms with Crippen molar-refractivity contribution in [1.29, 1.82) is 5.26 Å². The molecule has 2 rings (SSSR count). The van der Waals surface area contributed by atoms with Gasteiger partial charge in [0.25, 0.3) is 0 Å². The summed E-state index contributed by atoms with van der Waals surface area (Å²) >= 11 is 0. The lowest BCUT2D eigenvalue weighted by Crippen LogP contribution is -2.17. The number of nitriles is 1. The number of benzene rings is 1. The number of para-hydroxylation sites is 2. The monoisotopic (exact) mass is 280 g/mol. The fraction of sp³-hybridized carbons (Fsp3) is 0.0769. The average molecular weight is 280 g/mol. The van der Waals surface area contributed by atoms with Crippen molar-refractivity contribution in [2.45, 2.75) is 6.36 Å². The van der Waals surface area contributed by atoms with E-state index in [0.717, 1.165) is 6.07 Å². The second-order valence-electron chi connectivity index (χ2n) is 3.57. The summed E-state index contributed by atoms with van der Waals surface area (Å²) in [6.07, 6.45) is -4.82. The predicted molar refractivity (Wildman–Crippen MR) is 62.2 cm³/mol. The lowest BCUT2D eigenvalue weighted by molar-refractivity contribution is -0.275. The van der Waals surface area contributed by atoms with Crippen molar-refractivity contribution in [3.05, 3.63) is 48.2 Å². The Bertz CT molecular complexity index is 651. The summed E-state index contributed by atoms with van der Waals surface area (Å²) in [7, 11) is 0. The smallest absolute Gasteiger partial charge is 0.435 e. The van der Waals surface area contributed by atoms with Gasteiger partial charge in [-0.25, -0.2) is 4.98 Å². The lowest BCUT2D eigenvalue weighted by atomic mass is 10.3. The Kier molecular flexibility index (Phi) is 3.75. The molecule has 0 aliphatic carbocycles. The minimum Gasteiger partial charge on any atom is -0.435 e. The fourth-order valence-electron chi connectivity index (χ4n) is 1.39. The van der Waals surface area contributed by atoms with Crippen molar-refractivity contribution >= 4 is 0 Å². The highest BCUT2D eigenvalue weighted by atomic mass is 19.4. The molecule has 0 aliphatic heterocycles. The van der Waals surface area contributed by atoms with Crippen molar-refractivity contribution in [3.8, 4) is 23.4 Å². The van der Waals surface area contributed by atoms with Gasteiger partial charge in [0.1, 0.15) is 11.8 Å². The van der Waals surface area contributed by atoms with Crippen molar-refractivity contribution in [2.24, 2.45) is 0 Å². The molecule has 2 aromatic rings. The summed E-state index contributed by atoms with van der Waals surface area (Å²) in [5, 5.41) is 8.69. The Labute approximate surface area is 112 Å². The molecule has 0 amide bonds. The van der Waals surface area contributed by atoms with E-state index < -0.39 is 12.1 Å². The Hall–Kier alpha value is -2.75. The third kappa shape index (κ3) is 3.62. The first-order valence-electron chi connectivity index (χ1n) is 5.38. The van der Waals surface area contributed by atoms with E-state index in [1.807, 2.05) is 0 Å². The Morgan fingerprint density at radius 2 is 1.70 bits per heavy atom. The number of aromatic nitrogens is 1. The highest BCUT2D eigenvalue weighted by Crippen LogP contribution is 2.34. The number of hydrogen-bond acceptors (Lipinski definition) is 4. The van der Waals surface area contributed by atoms with E-state index in [-0.39, 0.29) is 17.3 Å². The quantitative estimate of drug-likeness (QED) is 0.861. The normalized spacial score (nSPS) is 10.7. The second kappa shape index (κ2) is 5.48. The van der Waals surface area contributed by atoms with Crippen LogP contribution in [0.3, 0.4) is 0 Å². The standard InChI is InChI=1S/C13H7F3N2O2/c14-13(15,16)20-11-6-2-1-5-10(11)19-12-7-3-4-9(8-17)18-12/h1-7H. The Morgan fingerprint density at radius 1 is 1.00 bits per heavy atom. The van der Waals surface area contributed by atoms with Gasteiger partial charge in [-0.3, -0.25) is 0 Å². The molecule has 1 aromatic heterocycles. The van der Waals surface area contributed by atoms with Crippen LogP contribution in [-0.4, -0.2) is 11.3 Å². The van der Waals surface area contributed by atoms with Crippen LogP contribution in [0.4, 0.5) is 13.2 Å². The molecule has 0 atom stereocenters. The van der Waals surface area contributed by atoms with Gasteiger partial charge in [-0.15, -0.1) is 13.2 Å². The zero-order chi connectivity index (χ0) is 14.6. The molecule has 4 nitrogen and oxygen atoms in total. The highest BCUT2D eigenvalue weighted by Gasteiger charge is 2.32. The number of rotatable bonds is 3. The van der Waals surface area contributed by atoms with Gasteiger partial charge >= 0.3 is 6.36 Å². The minimum atomic E-state index is -4.82. The minimum absolute atomic E-state index is 0.00211. The summed E-state index contributed by atoms with van der Waals surface area (Å²) < 4.78 is 45.8. The van der Waals surface area contributed by atoms with E-state index in [2.05, 4.69) is 9.72 Å². The molecule has 0 saturated heterocycles. The number of ether oxygens (including phenoxy) is 2. The van der Waals surface area contributed by atoms with E-state index in [1.54, 1.807) is 6.07 Å². The van der Waals surface area contributed by atoms with Crippen LogP contribution in [0.15, 0.2) is 42.5 Å². The summed E-state index contributed by atoms with van der Waals surface area (Å²) in [6, 6.07) is 11.5. The molecular weight excluding hydrogens is 273 g/mol. The zero-order valence-corrected chi connectivity index (χ0v) is 9.89. The molecule has 0 bridgehead atoms. The van der Waals surface area contributed by atoms with Gasteiger partial charge in [-0.1, -0.05) is 18.2 Å². The molecule has 7 heteroatoms. The number of nitrogens with zero attached hydrogens (tertiary/aromatic N) is 2. The maximum atomic E-state index is 12.2. The Balaban J connectivity index is 2.27. The number of pyridine rings is 1. The number of hydrogen-bond donors (Lipinski definition) is 0. The van der Waals surface area contributed by atoms with Crippen LogP contribution in [0.2, 0.25) is 0 Å². The van der Waals surface area contributed by atoms with Crippen LogP contribution in [0.1, 0.15) is 5.69 Å². The van der Waals surface area contributed by atoms with Gasteiger partial charge < -0.3 is 9.47 Å². The van der Waals surface area contributed by atoms with Gasteiger partial charge in [0.2, 0.25) is 5.88 Å². The maximum absolute atomic E-state index is 12.2. The fourth-order valence-corrected chi connectivity index (χ4v) is 1.39. The molecule has 102 valence electrons. The largest absolute Gasteiger partial charge is 0.573 e. The molecule has 1 heterocycles. The number of halogens is 3. The van der Waals surface area contributed by atoms with Crippen LogP contribution in [0.25, 0.3) is 0 Å². The molecule has 1 aromatic carbocycles. The van der Waals surface area contributed by atoms with Gasteiger partial charge in [0.15, 0.2) is 11.5 Å². The zero-order valence-electron chi connectivity index (χ0n) is 9.89. The van der Waals surface area contributed by atoms with Gasteiger partial charge in [-0.2, -0.15) is 5.26 Å². The van der Waals surface area contributed by atoms with Gasteiger partial charge in [-0.05, 0) is 18.2 Å². The van der Waals surface area contributed by atoms with E-state index in [4.69, 9.17) is 10.00 Å². The van der Waals surface area contributed by atoms with Crippen molar-refractivity contribution in [2.75, 3.05) is 0 Å². The molecule has 0 unspecified atom stereocenters. The molecule has 0 fully saturated rings. The Morgan fingerprint density at radius 3 is 2.35 bits per heavy atom. The highest BCUT2D eigenvalue weighted by molar-refractivity contribution is 5.42. The first kappa shape index (κ1) is 13.7. The van der Waals surface area contributed by atoms with Crippen LogP contribution in [0.5, 0.6) is 17.4 Å². The summed E-state index contributed by atoms with van der Waals surface area (Å²) in [6.45, 7) is 0. The van der Waals surface area contributed by atoms with E-state index >= 15 is 0 Å². The van der Waals surface area contributed by atoms with Crippen molar-refractivity contribution in [1.82, 2.24) is 4.98 Å². The lowest BCUT2D eigenvalue weighted by Gasteiger charge is -2.13. The van der Waals surface area contributed by atoms with Crippen LogP contribution in [-0.2, 0) is 0 Å².